The molecule has 2 N–H and O–H groups in total. The summed E-state index contributed by atoms with van der Waals surface area (Å²) in [6, 6.07) is 7.91. The minimum absolute atomic E-state index is 0.00199. The molecule has 0 fully saturated rings. The number of aryl methyl sites for hydroxylation is 2. The number of nitrogens with two attached hydrogens (primary N) is 1. The predicted octanol–water partition coefficient (Wildman–Crippen LogP) is 2.17. The number of benzene rings is 1. The summed E-state index contributed by atoms with van der Waals surface area (Å²) >= 11 is 0. The monoisotopic (exact) mass is 284 g/mol. The Labute approximate surface area is 124 Å². The Morgan fingerprint density at radius 2 is 2.14 bits per heavy atom. The normalized spacial score (nSPS) is 18.2. The fourth-order valence-electron chi connectivity index (χ4n) is 2.96. The van der Waals surface area contributed by atoms with Crippen LogP contribution in [-0.4, -0.2) is 22.2 Å². The van der Waals surface area contributed by atoms with Crippen LogP contribution in [0.1, 0.15) is 40.5 Å². The molecular formula is C16H20N4O. The number of amides is 1. The van der Waals surface area contributed by atoms with Crippen LogP contribution in [0.15, 0.2) is 30.5 Å². The zero-order valence-corrected chi connectivity index (χ0v) is 12.4. The molecule has 1 unspecified atom stereocenters. The van der Waals surface area contributed by atoms with Crippen molar-refractivity contribution in [3.63, 3.8) is 0 Å². The van der Waals surface area contributed by atoms with Gasteiger partial charge in [-0.1, -0.05) is 18.2 Å². The molecule has 2 aromatic rings. The number of anilines is 1. The van der Waals surface area contributed by atoms with Gasteiger partial charge in [0, 0.05) is 31.5 Å². The molecule has 5 nitrogen and oxygen atoms in total. The molecule has 0 bridgehead atoms. The van der Waals surface area contributed by atoms with Gasteiger partial charge in [-0.15, -0.1) is 0 Å². The summed E-state index contributed by atoms with van der Waals surface area (Å²) < 4.78 is 1.68. The van der Waals surface area contributed by atoms with Crippen molar-refractivity contribution in [1.82, 2.24) is 9.78 Å². The van der Waals surface area contributed by atoms with Crippen molar-refractivity contribution in [2.24, 2.45) is 12.8 Å². The molecule has 0 radical (unpaired) electrons. The number of nitrogens with zero attached hydrogens (tertiary/aromatic N) is 3. The molecule has 0 spiro atoms. The lowest BCUT2D eigenvalue weighted by Crippen LogP contribution is -2.32. The van der Waals surface area contributed by atoms with Gasteiger partial charge in [0.05, 0.1) is 11.3 Å². The van der Waals surface area contributed by atoms with Gasteiger partial charge in [0.25, 0.3) is 5.91 Å². The number of hydrogen-bond donors (Lipinski definition) is 1. The first-order valence-corrected chi connectivity index (χ1v) is 7.24. The number of rotatable bonds is 1. The maximum absolute atomic E-state index is 12.9. The highest BCUT2D eigenvalue weighted by Gasteiger charge is 2.26. The second kappa shape index (κ2) is 5.33. The molecule has 1 aliphatic rings. The Morgan fingerprint density at radius 1 is 1.38 bits per heavy atom. The van der Waals surface area contributed by atoms with E-state index in [4.69, 9.17) is 5.73 Å². The van der Waals surface area contributed by atoms with E-state index < -0.39 is 0 Å². The van der Waals surface area contributed by atoms with Crippen LogP contribution in [0.25, 0.3) is 0 Å². The molecule has 110 valence electrons. The van der Waals surface area contributed by atoms with Crippen LogP contribution < -0.4 is 10.6 Å². The van der Waals surface area contributed by atoms with E-state index in [-0.39, 0.29) is 11.9 Å². The third kappa shape index (κ3) is 2.45. The molecule has 2 heterocycles. The largest absolute Gasteiger partial charge is 0.324 e. The SMILES string of the molecule is Cc1nn(C)cc1C(=O)N1CCCC(N)c2ccccc21. The molecule has 1 amide bonds. The number of carbonyl (C=O) groups excluding carboxylic acids is 1. The van der Waals surface area contributed by atoms with E-state index in [1.165, 1.54) is 0 Å². The number of aromatic nitrogens is 2. The van der Waals surface area contributed by atoms with E-state index >= 15 is 0 Å². The van der Waals surface area contributed by atoms with Crippen molar-refractivity contribution in [2.75, 3.05) is 11.4 Å². The van der Waals surface area contributed by atoms with Crippen molar-refractivity contribution in [3.05, 3.63) is 47.3 Å². The topological polar surface area (TPSA) is 64.2 Å². The molecule has 0 saturated carbocycles. The first kappa shape index (κ1) is 13.8. The second-order valence-corrected chi connectivity index (χ2v) is 5.57. The number of para-hydroxylation sites is 1. The fraction of sp³-hybridized carbons (Fsp3) is 0.375. The average molecular weight is 284 g/mol. The van der Waals surface area contributed by atoms with E-state index in [0.717, 1.165) is 29.8 Å². The number of carbonyl (C=O) groups is 1. The third-order valence-electron chi connectivity index (χ3n) is 4.01. The highest BCUT2D eigenvalue weighted by Crippen LogP contribution is 2.32. The van der Waals surface area contributed by atoms with Crippen molar-refractivity contribution in [1.29, 1.82) is 0 Å². The highest BCUT2D eigenvalue weighted by atomic mass is 16.2. The lowest BCUT2D eigenvalue weighted by molar-refractivity contribution is 0.0986. The van der Waals surface area contributed by atoms with Crippen LogP contribution in [0.2, 0.25) is 0 Å². The predicted molar refractivity (Wildman–Crippen MR) is 82.2 cm³/mol. The molecular weight excluding hydrogens is 264 g/mol. The van der Waals surface area contributed by atoms with Gasteiger partial charge in [-0.05, 0) is 31.4 Å². The van der Waals surface area contributed by atoms with Crippen LogP contribution in [0, 0.1) is 6.92 Å². The van der Waals surface area contributed by atoms with Gasteiger partial charge >= 0.3 is 0 Å². The molecule has 21 heavy (non-hydrogen) atoms. The Bertz CT molecular complexity index is 677. The van der Waals surface area contributed by atoms with Crippen molar-refractivity contribution in [2.45, 2.75) is 25.8 Å². The summed E-state index contributed by atoms with van der Waals surface area (Å²) in [5.41, 5.74) is 9.61. The Kier molecular flexibility index (Phi) is 3.51. The fourth-order valence-corrected chi connectivity index (χ4v) is 2.96. The van der Waals surface area contributed by atoms with E-state index in [9.17, 15) is 4.79 Å². The molecule has 1 aliphatic heterocycles. The maximum atomic E-state index is 12.9. The van der Waals surface area contributed by atoms with E-state index in [0.29, 0.717) is 12.1 Å². The van der Waals surface area contributed by atoms with Crippen LogP contribution in [0.4, 0.5) is 5.69 Å². The third-order valence-corrected chi connectivity index (χ3v) is 4.01. The van der Waals surface area contributed by atoms with Gasteiger partial charge in [0.15, 0.2) is 0 Å². The first-order valence-electron chi connectivity index (χ1n) is 7.24. The highest BCUT2D eigenvalue weighted by molar-refractivity contribution is 6.07. The lowest BCUT2D eigenvalue weighted by atomic mass is 10.0. The number of fused-ring (bicyclic) bond motifs is 1. The van der Waals surface area contributed by atoms with Crippen molar-refractivity contribution >= 4 is 11.6 Å². The smallest absolute Gasteiger partial charge is 0.261 e. The minimum Gasteiger partial charge on any atom is -0.324 e. The molecule has 3 rings (SSSR count). The average Bonchev–Trinajstić information content (AvgIpc) is 2.71. The van der Waals surface area contributed by atoms with E-state index in [2.05, 4.69) is 5.10 Å². The summed E-state index contributed by atoms with van der Waals surface area (Å²) in [6.45, 7) is 2.56. The molecule has 1 atom stereocenters. The summed E-state index contributed by atoms with van der Waals surface area (Å²) in [5, 5.41) is 4.27. The lowest BCUT2D eigenvalue weighted by Gasteiger charge is -2.23. The molecule has 1 aromatic heterocycles. The summed E-state index contributed by atoms with van der Waals surface area (Å²) in [5.74, 6) is 0.00199. The van der Waals surface area contributed by atoms with Crippen LogP contribution >= 0.6 is 0 Å². The quantitative estimate of drug-likeness (QED) is 0.873. The van der Waals surface area contributed by atoms with Crippen LogP contribution in [0.5, 0.6) is 0 Å². The van der Waals surface area contributed by atoms with Crippen LogP contribution in [-0.2, 0) is 7.05 Å². The zero-order chi connectivity index (χ0) is 15.0. The van der Waals surface area contributed by atoms with Gasteiger partial charge in [0.1, 0.15) is 0 Å². The Balaban J connectivity index is 2.04. The summed E-state index contributed by atoms with van der Waals surface area (Å²) in [4.78, 5) is 14.7. The van der Waals surface area contributed by atoms with Gasteiger partial charge in [-0.25, -0.2) is 0 Å². The number of hydrogen-bond acceptors (Lipinski definition) is 3. The Hall–Kier alpha value is -2.14. The summed E-state index contributed by atoms with van der Waals surface area (Å²) in [6.07, 6.45) is 3.58. The maximum Gasteiger partial charge on any atom is 0.261 e. The standard InChI is InChI=1S/C16H20N4O/c1-11-13(10-19(2)18-11)16(21)20-9-5-7-14(17)12-6-3-4-8-15(12)20/h3-4,6,8,10,14H,5,7,9,17H2,1-2H3. The molecule has 0 saturated heterocycles. The minimum atomic E-state index is -0.00556. The van der Waals surface area contributed by atoms with Crippen molar-refractivity contribution < 1.29 is 4.79 Å². The zero-order valence-electron chi connectivity index (χ0n) is 12.4. The molecule has 1 aromatic carbocycles. The van der Waals surface area contributed by atoms with E-state index in [1.54, 1.807) is 10.9 Å². The molecule has 0 aliphatic carbocycles. The molecule has 5 heteroatoms. The van der Waals surface area contributed by atoms with Gasteiger partial charge in [-0.3, -0.25) is 9.48 Å². The Morgan fingerprint density at radius 3 is 2.86 bits per heavy atom. The van der Waals surface area contributed by atoms with E-state index in [1.807, 2.05) is 43.1 Å². The van der Waals surface area contributed by atoms with Gasteiger partial charge in [0.2, 0.25) is 0 Å². The van der Waals surface area contributed by atoms with Crippen molar-refractivity contribution in [3.8, 4) is 0 Å². The summed E-state index contributed by atoms with van der Waals surface area (Å²) in [7, 11) is 1.83. The first-order chi connectivity index (χ1) is 10.1. The van der Waals surface area contributed by atoms with Gasteiger partial charge in [-0.2, -0.15) is 5.10 Å². The second-order valence-electron chi connectivity index (χ2n) is 5.57. The van der Waals surface area contributed by atoms with Gasteiger partial charge < -0.3 is 10.6 Å². The van der Waals surface area contributed by atoms with Crippen LogP contribution in [0.3, 0.4) is 0 Å².